The number of hydrogen-bond donors (Lipinski definition) is 3. The van der Waals surface area contributed by atoms with Crippen molar-refractivity contribution < 1.29 is 4.79 Å². The number of rotatable bonds is 8. The summed E-state index contributed by atoms with van der Waals surface area (Å²) in [5, 5.41) is 6.90. The quantitative estimate of drug-likeness (QED) is 0.258. The average molecular weight is 564 g/mol. The van der Waals surface area contributed by atoms with Crippen molar-refractivity contribution in [3.63, 3.8) is 0 Å². The van der Waals surface area contributed by atoms with Gasteiger partial charge in [-0.1, -0.05) is 55.5 Å². The number of benzene rings is 2. The summed E-state index contributed by atoms with van der Waals surface area (Å²) in [5.41, 5.74) is 10.6. The summed E-state index contributed by atoms with van der Waals surface area (Å²) in [5.74, 6) is 0.577. The predicted molar refractivity (Wildman–Crippen MR) is 147 cm³/mol. The maximum atomic E-state index is 11.5. The largest absolute Gasteiger partial charge is 0.369 e. The molecule has 2 atom stereocenters. The van der Waals surface area contributed by atoms with Crippen LogP contribution in [0.3, 0.4) is 0 Å². The number of guanidine groups is 1. The van der Waals surface area contributed by atoms with E-state index in [9.17, 15) is 4.79 Å². The summed E-state index contributed by atoms with van der Waals surface area (Å²) in [6.07, 6.45) is 2.98. The van der Waals surface area contributed by atoms with Crippen molar-refractivity contribution in [3.8, 4) is 0 Å². The van der Waals surface area contributed by atoms with Gasteiger partial charge < -0.3 is 16.4 Å². The number of aryl methyl sites for hydroxylation is 1. The van der Waals surface area contributed by atoms with E-state index in [1.807, 2.05) is 0 Å². The van der Waals surface area contributed by atoms with Crippen LogP contribution in [0.15, 0.2) is 53.5 Å². The van der Waals surface area contributed by atoms with Crippen molar-refractivity contribution >= 4 is 35.8 Å². The molecule has 1 heterocycles. The zero-order valence-electron chi connectivity index (χ0n) is 20.0. The number of carbonyl (C=O) groups is 1. The summed E-state index contributed by atoms with van der Waals surface area (Å²) < 4.78 is 0. The fraction of sp³-hybridized carbons (Fsp3) is 0.462. The molecule has 180 valence electrons. The van der Waals surface area contributed by atoms with Gasteiger partial charge in [0.2, 0.25) is 5.91 Å². The van der Waals surface area contributed by atoms with Gasteiger partial charge in [0.15, 0.2) is 5.96 Å². The van der Waals surface area contributed by atoms with Crippen molar-refractivity contribution in [1.82, 2.24) is 15.5 Å². The van der Waals surface area contributed by atoms with Gasteiger partial charge >= 0.3 is 0 Å². The van der Waals surface area contributed by atoms with Gasteiger partial charge in [0.25, 0.3) is 0 Å². The molecule has 4 N–H and O–H groups in total. The summed E-state index contributed by atoms with van der Waals surface area (Å²) in [6.45, 7) is 7.62. The summed E-state index contributed by atoms with van der Waals surface area (Å²) in [6, 6.07) is 17.5. The minimum Gasteiger partial charge on any atom is -0.369 e. The first kappa shape index (κ1) is 27.1. The highest BCUT2D eigenvalue weighted by Gasteiger charge is 2.23. The molecule has 33 heavy (non-hydrogen) atoms. The van der Waals surface area contributed by atoms with Gasteiger partial charge in [0.05, 0.1) is 12.0 Å². The number of carbonyl (C=O) groups excluding carboxylic acids is 1. The van der Waals surface area contributed by atoms with Gasteiger partial charge in [-0.05, 0) is 55.0 Å². The Morgan fingerprint density at radius 1 is 1.18 bits per heavy atom. The fourth-order valence-electron chi connectivity index (χ4n) is 4.24. The molecule has 0 aromatic heterocycles. The lowest BCUT2D eigenvalue weighted by Crippen LogP contribution is -2.40. The van der Waals surface area contributed by atoms with Crippen molar-refractivity contribution in [3.05, 3.63) is 70.8 Å². The third kappa shape index (κ3) is 8.30. The van der Waals surface area contributed by atoms with Crippen LogP contribution >= 0.6 is 24.0 Å². The van der Waals surface area contributed by atoms with E-state index < -0.39 is 0 Å². The molecule has 0 bridgehead atoms. The van der Waals surface area contributed by atoms with E-state index in [4.69, 9.17) is 5.73 Å². The van der Waals surface area contributed by atoms with Crippen LogP contribution in [0.2, 0.25) is 0 Å². The molecular weight excluding hydrogens is 525 g/mol. The van der Waals surface area contributed by atoms with Gasteiger partial charge in [-0.3, -0.25) is 14.7 Å². The molecule has 1 amide bonds. The minimum absolute atomic E-state index is 0. The monoisotopic (exact) mass is 563 g/mol. The van der Waals surface area contributed by atoms with Gasteiger partial charge in [0, 0.05) is 26.7 Å². The van der Waals surface area contributed by atoms with Gasteiger partial charge in [-0.25, -0.2) is 0 Å². The first-order valence-corrected chi connectivity index (χ1v) is 11.6. The first-order chi connectivity index (χ1) is 15.5. The standard InChI is InChI=1S/C26H37N5O.HI/c1-4-20-10-12-23(13-11-20)19(2)30-26(28-3)29-16-21-7-5-8-22(15-21)17-31-14-6-9-24(18-31)25(27)32;/h5,7-8,10-13,15,19,24H,4,6,9,14,16-18H2,1-3H3,(H2,27,32)(H2,28,29,30);1H. The molecule has 2 aromatic rings. The first-order valence-electron chi connectivity index (χ1n) is 11.6. The second-order valence-electron chi connectivity index (χ2n) is 8.68. The SMILES string of the molecule is CCc1ccc(C(C)NC(=NC)NCc2cccc(CN3CCCC(C(N)=O)C3)c2)cc1.I. The molecule has 6 nitrogen and oxygen atoms in total. The van der Waals surface area contributed by atoms with E-state index in [0.717, 1.165) is 44.9 Å². The number of likely N-dealkylation sites (tertiary alicyclic amines) is 1. The van der Waals surface area contributed by atoms with Crippen LogP contribution in [0.4, 0.5) is 0 Å². The highest BCUT2D eigenvalue weighted by Crippen LogP contribution is 2.19. The fourth-order valence-corrected chi connectivity index (χ4v) is 4.24. The van der Waals surface area contributed by atoms with Gasteiger partial charge in [-0.15, -0.1) is 24.0 Å². The number of nitrogens with two attached hydrogens (primary N) is 1. The summed E-state index contributed by atoms with van der Waals surface area (Å²) in [7, 11) is 1.80. The molecule has 0 radical (unpaired) electrons. The van der Waals surface area contributed by atoms with E-state index >= 15 is 0 Å². The van der Waals surface area contributed by atoms with Crippen LogP contribution in [0.5, 0.6) is 0 Å². The molecule has 0 aliphatic carbocycles. The number of hydrogen-bond acceptors (Lipinski definition) is 3. The number of piperidine rings is 1. The molecule has 1 saturated heterocycles. The van der Waals surface area contributed by atoms with Crippen molar-refractivity contribution in [1.29, 1.82) is 0 Å². The van der Waals surface area contributed by atoms with E-state index in [1.165, 1.54) is 22.3 Å². The van der Waals surface area contributed by atoms with E-state index in [0.29, 0.717) is 6.54 Å². The Morgan fingerprint density at radius 2 is 1.91 bits per heavy atom. The van der Waals surface area contributed by atoms with Crippen LogP contribution in [0.1, 0.15) is 55.0 Å². The Balaban J connectivity index is 0.00000385. The molecule has 7 heteroatoms. The van der Waals surface area contributed by atoms with Crippen molar-refractivity contribution in [2.75, 3.05) is 20.1 Å². The number of nitrogens with zero attached hydrogens (tertiary/aromatic N) is 2. The molecule has 1 aliphatic heterocycles. The zero-order chi connectivity index (χ0) is 22.9. The lowest BCUT2D eigenvalue weighted by Gasteiger charge is -2.31. The van der Waals surface area contributed by atoms with E-state index in [-0.39, 0.29) is 41.8 Å². The average Bonchev–Trinajstić information content (AvgIpc) is 2.82. The Bertz CT molecular complexity index is 915. The number of halogens is 1. The molecule has 1 aliphatic rings. The lowest BCUT2D eigenvalue weighted by molar-refractivity contribution is -0.123. The number of amides is 1. The van der Waals surface area contributed by atoms with Crippen LogP contribution in [0.25, 0.3) is 0 Å². The van der Waals surface area contributed by atoms with Crippen molar-refractivity contribution in [2.24, 2.45) is 16.6 Å². The highest BCUT2D eigenvalue weighted by atomic mass is 127. The molecule has 1 fully saturated rings. The predicted octanol–water partition coefficient (Wildman–Crippen LogP) is 3.99. The second kappa shape index (κ2) is 13.5. The molecule has 3 rings (SSSR count). The summed E-state index contributed by atoms with van der Waals surface area (Å²) in [4.78, 5) is 18.3. The lowest BCUT2D eigenvalue weighted by atomic mass is 9.97. The van der Waals surface area contributed by atoms with Crippen LogP contribution in [-0.2, 0) is 24.3 Å². The number of primary amides is 1. The number of nitrogens with one attached hydrogen (secondary N) is 2. The molecular formula is C26H38IN5O. The molecule has 2 unspecified atom stereocenters. The molecule has 0 spiro atoms. The van der Waals surface area contributed by atoms with Crippen LogP contribution in [0, 0.1) is 5.92 Å². The third-order valence-corrected chi connectivity index (χ3v) is 6.23. The van der Waals surface area contributed by atoms with Gasteiger partial charge in [-0.2, -0.15) is 0 Å². The van der Waals surface area contributed by atoms with E-state index in [2.05, 4.69) is 82.9 Å². The third-order valence-electron chi connectivity index (χ3n) is 6.23. The Hall–Kier alpha value is -2.13. The number of aliphatic imine (C=N–C) groups is 1. The molecule has 0 saturated carbocycles. The maximum Gasteiger partial charge on any atom is 0.221 e. The normalized spacial score (nSPS) is 17.7. The van der Waals surface area contributed by atoms with E-state index in [1.54, 1.807) is 7.05 Å². The van der Waals surface area contributed by atoms with Crippen LogP contribution < -0.4 is 16.4 Å². The van der Waals surface area contributed by atoms with Crippen molar-refractivity contribution in [2.45, 2.75) is 52.2 Å². The van der Waals surface area contributed by atoms with Gasteiger partial charge in [0.1, 0.15) is 0 Å². The second-order valence-corrected chi connectivity index (χ2v) is 8.68. The summed E-state index contributed by atoms with van der Waals surface area (Å²) >= 11 is 0. The smallest absolute Gasteiger partial charge is 0.221 e. The molecule has 2 aromatic carbocycles. The highest BCUT2D eigenvalue weighted by molar-refractivity contribution is 14.0. The minimum atomic E-state index is -0.179. The zero-order valence-corrected chi connectivity index (χ0v) is 22.3. The Kier molecular flexibility index (Phi) is 11.1. The Morgan fingerprint density at radius 3 is 2.58 bits per heavy atom. The van der Waals surface area contributed by atoms with Crippen LogP contribution in [-0.4, -0.2) is 36.9 Å². The maximum absolute atomic E-state index is 11.5. The Labute approximate surface area is 215 Å². The topological polar surface area (TPSA) is 82.8 Å².